The van der Waals surface area contributed by atoms with Gasteiger partial charge in [0.15, 0.2) is 0 Å². The summed E-state index contributed by atoms with van der Waals surface area (Å²) in [4.78, 5) is 1.33. The van der Waals surface area contributed by atoms with Crippen LogP contribution in [0.1, 0.15) is 11.1 Å². The van der Waals surface area contributed by atoms with Crippen LogP contribution in [-0.2, 0) is 0 Å². The molecule has 0 heterocycles. The Morgan fingerprint density at radius 2 is 1.65 bits per heavy atom. The molecule has 0 N–H and O–H groups in total. The fourth-order valence-electron chi connectivity index (χ4n) is 1.53. The Kier molecular flexibility index (Phi) is 4.45. The summed E-state index contributed by atoms with van der Waals surface area (Å²) in [5.74, 6) is 1.01. The lowest BCUT2D eigenvalue weighted by Gasteiger charge is -1.98. The first-order chi connectivity index (χ1) is 8.34. The molecule has 0 spiro atoms. The van der Waals surface area contributed by atoms with Crippen LogP contribution < -0.4 is 0 Å². The van der Waals surface area contributed by atoms with Crippen molar-refractivity contribution in [2.24, 2.45) is 0 Å². The molecule has 2 aromatic rings. The van der Waals surface area contributed by atoms with E-state index in [1.54, 1.807) is 0 Å². The lowest BCUT2D eigenvalue weighted by Crippen LogP contribution is -1.76. The number of rotatable bonds is 4. The fourth-order valence-corrected chi connectivity index (χ4v) is 2.24. The Morgan fingerprint density at radius 1 is 0.941 bits per heavy atom. The molecule has 17 heavy (non-hydrogen) atoms. The van der Waals surface area contributed by atoms with Crippen LogP contribution in [0, 0.1) is 6.92 Å². The van der Waals surface area contributed by atoms with E-state index >= 15 is 0 Å². The zero-order chi connectivity index (χ0) is 11.9. The number of hydrogen-bond acceptors (Lipinski definition) is 1. The van der Waals surface area contributed by atoms with Crippen molar-refractivity contribution in [3.63, 3.8) is 0 Å². The fraction of sp³-hybridized carbons (Fsp3) is 0.125. The summed E-state index contributed by atoms with van der Waals surface area (Å²) in [6.45, 7) is 2.11. The van der Waals surface area contributed by atoms with Crippen molar-refractivity contribution < 1.29 is 0 Å². The molecular formula is C16H16S. The molecule has 0 saturated carbocycles. The molecule has 0 aromatic heterocycles. The maximum absolute atomic E-state index is 2.21. The van der Waals surface area contributed by atoms with Gasteiger partial charge in [0, 0.05) is 10.6 Å². The molecule has 0 bridgehead atoms. The average Bonchev–Trinajstić information content (AvgIpc) is 2.38. The van der Waals surface area contributed by atoms with Crippen molar-refractivity contribution in [1.29, 1.82) is 0 Å². The van der Waals surface area contributed by atoms with Gasteiger partial charge < -0.3 is 0 Å². The maximum Gasteiger partial charge on any atom is 0.0164 e. The molecule has 0 atom stereocenters. The van der Waals surface area contributed by atoms with Crippen LogP contribution in [0.3, 0.4) is 0 Å². The Bertz CT molecular complexity index is 469. The molecule has 0 radical (unpaired) electrons. The van der Waals surface area contributed by atoms with Gasteiger partial charge >= 0.3 is 0 Å². The second-order valence-corrected chi connectivity index (χ2v) is 5.03. The Hall–Kier alpha value is -1.47. The zero-order valence-corrected chi connectivity index (χ0v) is 10.8. The largest absolute Gasteiger partial charge is 0.122 e. The van der Waals surface area contributed by atoms with Crippen molar-refractivity contribution in [2.45, 2.75) is 11.8 Å². The van der Waals surface area contributed by atoms with Crippen molar-refractivity contribution in [2.75, 3.05) is 5.75 Å². The first-order valence-corrected chi connectivity index (χ1v) is 6.74. The molecule has 0 unspecified atom stereocenters. The van der Waals surface area contributed by atoms with Crippen molar-refractivity contribution >= 4 is 17.8 Å². The van der Waals surface area contributed by atoms with Gasteiger partial charge in [-0.15, -0.1) is 11.8 Å². The van der Waals surface area contributed by atoms with Gasteiger partial charge in [0.25, 0.3) is 0 Å². The van der Waals surface area contributed by atoms with Crippen molar-refractivity contribution in [3.05, 3.63) is 71.8 Å². The maximum atomic E-state index is 2.21. The molecule has 0 saturated heterocycles. The van der Waals surface area contributed by atoms with Crippen molar-refractivity contribution in [3.8, 4) is 0 Å². The highest BCUT2D eigenvalue weighted by Gasteiger charge is 1.91. The van der Waals surface area contributed by atoms with E-state index in [1.165, 1.54) is 16.0 Å². The summed E-state index contributed by atoms with van der Waals surface area (Å²) in [7, 11) is 0. The first kappa shape index (κ1) is 12.0. The first-order valence-electron chi connectivity index (χ1n) is 5.76. The molecule has 2 aromatic carbocycles. The predicted molar refractivity (Wildman–Crippen MR) is 77.4 cm³/mol. The van der Waals surface area contributed by atoms with E-state index < -0.39 is 0 Å². The quantitative estimate of drug-likeness (QED) is 0.692. The third-order valence-electron chi connectivity index (χ3n) is 2.48. The minimum absolute atomic E-state index is 1.01. The monoisotopic (exact) mass is 240 g/mol. The third kappa shape index (κ3) is 4.12. The van der Waals surface area contributed by atoms with E-state index in [1.807, 2.05) is 17.8 Å². The molecule has 0 nitrogen and oxygen atoms in total. The number of thioether (sulfide) groups is 1. The van der Waals surface area contributed by atoms with Gasteiger partial charge in [0.1, 0.15) is 0 Å². The summed E-state index contributed by atoms with van der Waals surface area (Å²) in [5, 5.41) is 0. The highest BCUT2D eigenvalue weighted by atomic mass is 32.2. The van der Waals surface area contributed by atoms with Crippen LogP contribution in [0.15, 0.2) is 65.6 Å². The van der Waals surface area contributed by atoms with E-state index in [-0.39, 0.29) is 0 Å². The van der Waals surface area contributed by atoms with Crippen LogP contribution in [0.25, 0.3) is 6.08 Å². The minimum atomic E-state index is 1.01. The van der Waals surface area contributed by atoms with Crippen LogP contribution >= 0.6 is 11.8 Å². The van der Waals surface area contributed by atoms with Gasteiger partial charge in [-0.25, -0.2) is 0 Å². The summed E-state index contributed by atoms with van der Waals surface area (Å²) < 4.78 is 0. The Balaban J connectivity index is 1.84. The Morgan fingerprint density at radius 3 is 2.35 bits per heavy atom. The molecule has 0 aliphatic carbocycles. The smallest absolute Gasteiger partial charge is 0.0164 e. The van der Waals surface area contributed by atoms with E-state index in [2.05, 4.69) is 67.6 Å². The van der Waals surface area contributed by atoms with Crippen LogP contribution in [0.2, 0.25) is 0 Å². The predicted octanol–water partition coefficient (Wildman–Crippen LogP) is 4.80. The van der Waals surface area contributed by atoms with Gasteiger partial charge in [-0.2, -0.15) is 0 Å². The molecule has 2 rings (SSSR count). The average molecular weight is 240 g/mol. The van der Waals surface area contributed by atoms with Crippen molar-refractivity contribution in [1.82, 2.24) is 0 Å². The zero-order valence-electron chi connectivity index (χ0n) is 9.97. The third-order valence-corrected chi connectivity index (χ3v) is 3.44. The summed E-state index contributed by atoms with van der Waals surface area (Å²) in [6.07, 6.45) is 4.38. The van der Waals surface area contributed by atoms with Crippen LogP contribution in [0.4, 0.5) is 0 Å². The molecule has 86 valence electrons. The van der Waals surface area contributed by atoms with Gasteiger partial charge in [-0.3, -0.25) is 0 Å². The lowest BCUT2D eigenvalue weighted by atomic mass is 10.2. The summed E-state index contributed by atoms with van der Waals surface area (Å²) >= 11 is 1.86. The minimum Gasteiger partial charge on any atom is -0.122 e. The summed E-state index contributed by atoms with van der Waals surface area (Å²) in [6, 6.07) is 19.1. The summed E-state index contributed by atoms with van der Waals surface area (Å²) in [5.41, 5.74) is 2.58. The SMILES string of the molecule is Cc1ccc(SC/C=C/c2ccccc2)cc1. The van der Waals surface area contributed by atoms with Crippen LogP contribution in [0.5, 0.6) is 0 Å². The normalized spacial score (nSPS) is 10.9. The van der Waals surface area contributed by atoms with E-state index in [9.17, 15) is 0 Å². The van der Waals surface area contributed by atoms with E-state index in [4.69, 9.17) is 0 Å². The molecule has 0 amide bonds. The molecular weight excluding hydrogens is 224 g/mol. The number of hydrogen-bond donors (Lipinski definition) is 0. The van der Waals surface area contributed by atoms with E-state index in [0.29, 0.717) is 0 Å². The van der Waals surface area contributed by atoms with Gasteiger partial charge in [0.2, 0.25) is 0 Å². The lowest BCUT2D eigenvalue weighted by molar-refractivity contribution is 1.38. The van der Waals surface area contributed by atoms with E-state index in [0.717, 1.165) is 5.75 Å². The van der Waals surface area contributed by atoms with Gasteiger partial charge in [-0.1, -0.05) is 60.2 Å². The second-order valence-electron chi connectivity index (χ2n) is 3.94. The van der Waals surface area contributed by atoms with Gasteiger partial charge in [0.05, 0.1) is 0 Å². The number of aryl methyl sites for hydroxylation is 1. The standard InChI is InChI=1S/C16H16S/c1-14-9-11-16(12-10-14)17-13-5-8-15-6-3-2-4-7-15/h2-12H,13H2,1H3/b8-5+. The molecule has 0 aliphatic rings. The molecule has 1 heteroatoms. The second kappa shape index (κ2) is 6.31. The molecule has 0 aliphatic heterocycles. The number of benzene rings is 2. The topological polar surface area (TPSA) is 0 Å². The highest BCUT2D eigenvalue weighted by Crippen LogP contribution is 2.18. The Labute approximate surface area is 107 Å². The van der Waals surface area contributed by atoms with Crippen LogP contribution in [-0.4, -0.2) is 5.75 Å². The van der Waals surface area contributed by atoms with Gasteiger partial charge in [-0.05, 0) is 24.6 Å². The highest BCUT2D eigenvalue weighted by molar-refractivity contribution is 7.99. The molecule has 0 fully saturated rings.